The molecular weight excluding hydrogens is 218 g/mol. The predicted molar refractivity (Wildman–Crippen MR) is 54.1 cm³/mol. The van der Waals surface area contributed by atoms with Crippen LogP contribution in [-0.4, -0.2) is 18.2 Å². The van der Waals surface area contributed by atoms with Gasteiger partial charge in [0.05, 0.1) is 0 Å². The van der Waals surface area contributed by atoms with E-state index < -0.39 is 0 Å². The fraction of sp³-hybridized carbons (Fsp3) is 0.250. The molecule has 0 saturated carbocycles. The molecule has 64 valence electrons. The minimum Gasteiger partial charge on any atom is -0.387 e. The smallest absolute Gasteiger partial charge is 0.117 e. The Hall–Kier alpha value is -0.900. The Kier molecular flexibility index (Phi) is 2.81. The summed E-state index contributed by atoms with van der Waals surface area (Å²) in [7, 11) is 1.83. The molecule has 0 spiro atoms. The maximum Gasteiger partial charge on any atom is 0.117 e. The lowest BCUT2D eigenvalue weighted by Gasteiger charge is -2.06. The Balaban J connectivity index is 3.33. The van der Waals surface area contributed by atoms with Gasteiger partial charge in [0.2, 0.25) is 0 Å². The summed E-state index contributed by atoms with van der Waals surface area (Å²) in [6.07, 6.45) is 1.28. The van der Waals surface area contributed by atoms with E-state index in [1.165, 1.54) is 6.21 Å². The highest BCUT2D eigenvalue weighted by atomic mass is 79.9. The van der Waals surface area contributed by atoms with Gasteiger partial charge in [-0.25, -0.2) is 4.98 Å². The molecule has 1 rings (SSSR count). The molecule has 0 unspecified atom stereocenters. The van der Waals surface area contributed by atoms with Crippen molar-refractivity contribution in [2.45, 2.75) is 6.92 Å². The molecule has 0 radical (unpaired) electrons. The predicted octanol–water partition coefficient (Wildman–Crippen LogP) is 2.19. The minimum atomic E-state index is 0.710. The van der Waals surface area contributed by atoms with E-state index in [-0.39, 0.29) is 0 Å². The molecule has 0 saturated heterocycles. The zero-order chi connectivity index (χ0) is 9.14. The van der Waals surface area contributed by atoms with Crippen LogP contribution in [0.5, 0.6) is 0 Å². The summed E-state index contributed by atoms with van der Waals surface area (Å²) in [6, 6.07) is 1.91. The Labute approximate surface area is 79.8 Å². The average Bonchev–Trinajstić information content (AvgIpc) is 2.03. The van der Waals surface area contributed by atoms with Gasteiger partial charge in [-0.3, -0.25) is 0 Å². The van der Waals surface area contributed by atoms with Crippen LogP contribution in [0.2, 0.25) is 0 Å². The van der Waals surface area contributed by atoms with Gasteiger partial charge in [-0.05, 0) is 28.9 Å². The first kappa shape index (κ1) is 9.19. The molecule has 1 heterocycles. The second-order valence-electron chi connectivity index (χ2n) is 2.41. The first-order chi connectivity index (χ1) is 5.69. The van der Waals surface area contributed by atoms with Crippen molar-refractivity contribution in [3.63, 3.8) is 0 Å². The lowest BCUT2D eigenvalue weighted by Crippen LogP contribution is -1.98. The van der Waals surface area contributed by atoms with Gasteiger partial charge < -0.3 is 10.7 Å². The van der Waals surface area contributed by atoms with Crippen LogP contribution in [-0.2, 0) is 0 Å². The molecule has 0 aliphatic carbocycles. The van der Waals surface area contributed by atoms with Crippen LogP contribution >= 0.6 is 15.9 Å². The van der Waals surface area contributed by atoms with E-state index in [1.54, 1.807) is 0 Å². The van der Waals surface area contributed by atoms with Crippen molar-refractivity contribution in [2.24, 2.45) is 0 Å². The number of aryl methyl sites for hydroxylation is 1. The van der Waals surface area contributed by atoms with Crippen molar-refractivity contribution in [1.29, 1.82) is 5.41 Å². The molecule has 0 aliphatic heterocycles. The maximum atomic E-state index is 7.16. The molecule has 4 heteroatoms. The van der Waals surface area contributed by atoms with E-state index in [0.717, 1.165) is 16.9 Å². The lowest BCUT2D eigenvalue weighted by molar-refractivity contribution is 1.16. The molecule has 0 atom stereocenters. The Bertz CT molecular complexity index is 309. The maximum absolute atomic E-state index is 7.16. The Morgan fingerprint density at radius 3 is 2.83 bits per heavy atom. The summed E-state index contributed by atoms with van der Waals surface area (Å²) in [4.78, 5) is 4.18. The van der Waals surface area contributed by atoms with E-state index in [2.05, 4.69) is 26.2 Å². The first-order valence-electron chi connectivity index (χ1n) is 3.54. The molecule has 0 aliphatic rings. The highest BCUT2D eigenvalue weighted by Crippen LogP contribution is 2.21. The van der Waals surface area contributed by atoms with Gasteiger partial charge >= 0.3 is 0 Å². The molecule has 0 bridgehead atoms. The summed E-state index contributed by atoms with van der Waals surface area (Å²) in [5, 5.41) is 10.2. The molecule has 0 aromatic carbocycles. The number of halogens is 1. The minimum absolute atomic E-state index is 0.710. The van der Waals surface area contributed by atoms with Gasteiger partial charge in [-0.2, -0.15) is 0 Å². The second-order valence-corrected chi connectivity index (χ2v) is 3.16. The SMILES string of the molecule is CNc1cc(C)nc(Br)c1C=N. The third-order valence-electron chi connectivity index (χ3n) is 1.55. The van der Waals surface area contributed by atoms with Gasteiger partial charge in [0, 0.05) is 30.2 Å². The number of pyridine rings is 1. The highest BCUT2D eigenvalue weighted by molar-refractivity contribution is 9.10. The zero-order valence-corrected chi connectivity index (χ0v) is 8.57. The lowest BCUT2D eigenvalue weighted by atomic mass is 10.2. The number of nitrogens with zero attached hydrogens (tertiary/aromatic N) is 1. The number of hydrogen-bond acceptors (Lipinski definition) is 3. The summed E-state index contributed by atoms with van der Waals surface area (Å²) < 4.78 is 0.710. The molecule has 2 N–H and O–H groups in total. The summed E-state index contributed by atoms with van der Waals surface area (Å²) in [5.41, 5.74) is 2.63. The van der Waals surface area contributed by atoms with Crippen LogP contribution in [0.4, 0.5) is 5.69 Å². The number of aromatic nitrogens is 1. The first-order valence-corrected chi connectivity index (χ1v) is 4.33. The van der Waals surface area contributed by atoms with Crippen LogP contribution in [0.3, 0.4) is 0 Å². The van der Waals surface area contributed by atoms with Gasteiger partial charge in [0.25, 0.3) is 0 Å². The summed E-state index contributed by atoms with van der Waals surface area (Å²) in [6.45, 7) is 1.92. The van der Waals surface area contributed by atoms with Crippen molar-refractivity contribution < 1.29 is 0 Å². The highest BCUT2D eigenvalue weighted by Gasteiger charge is 2.04. The van der Waals surface area contributed by atoms with Crippen LogP contribution in [0.15, 0.2) is 10.7 Å². The molecule has 0 amide bonds. The van der Waals surface area contributed by atoms with E-state index in [0.29, 0.717) is 4.60 Å². The summed E-state index contributed by atoms with van der Waals surface area (Å²) >= 11 is 3.30. The van der Waals surface area contributed by atoms with Crippen LogP contribution < -0.4 is 5.32 Å². The molecular formula is C8H10BrN3. The van der Waals surface area contributed by atoms with Gasteiger partial charge in [-0.1, -0.05) is 0 Å². The summed E-state index contributed by atoms with van der Waals surface area (Å²) in [5.74, 6) is 0. The molecule has 12 heavy (non-hydrogen) atoms. The number of nitrogens with one attached hydrogen (secondary N) is 2. The fourth-order valence-corrected chi connectivity index (χ4v) is 1.60. The third kappa shape index (κ3) is 1.64. The van der Waals surface area contributed by atoms with Crippen molar-refractivity contribution in [3.05, 3.63) is 21.9 Å². The van der Waals surface area contributed by atoms with Crippen LogP contribution in [0.25, 0.3) is 0 Å². The van der Waals surface area contributed by atoms with E-state index in [1.807, 2.05) is 20.0 Å². The molecule has 0 fully saturated rings. The van der Waals surface area contributed by atoms with Crippen LogP contribution in [0, 0.1) is 12.3 Å². The zero-order valence-electron chi connectivity index (χ0n) is 6.98. The molecule has 3 nitrogen and oxygen atoms in total. The van der Waals surface area contributed by atoms with Crippen molar-refractivity contribution in [1.82, 2.24) is 4.98 Å². The Morgan fingerprint density at radius 1 is 1.67 bits per heavy atom. The molecule has 1 aromatic heterocycles. The van der Waals surface area contributed by atoms with E-state index in [4.69, 9.17) is 5.41 Å². The van der Waals surface area contributed by atoms with Crippen molar-refractivity contribution >= 4 is 27.8 Å². The average molecular weight is 228 g/mol. The third-order valence-corrected chi connectivity index (χ3v) is 2.16. The van der Waals surface area contributed by atoms with E-state index in [9.17, 15) is 0 Å². The number of rotatable bonds is 2. The van der Waals surface area contributed by atoms with Crippen LogP contribution in [0.1, 0.15) is 11.3 Å². The standard InChI is InChI=1S/C8H10BrN3/c1-5-3-7(11-2)6(4-10)8(9)12-5/h3-4,10H,1-2H3,(H,11,12). The largest absolute Gasteiger partial charge is 0.387 e. The monoisotopic (exact) mass is 227 g/mol. The van der Waals surface area contributed by atoms with Crippen molar-refractivity contribution in [3.8, 4) is 0 Å². The van der Waals surface area contributed by atoms with E-state index >= 15 is 0 Å². The molecule has 1 aromatic rings. The van der Waals surface area contributed by atoms with Crippen molar-refractivity contribution in [2.75, 3.05) is 12.4 Å². The fourth-order valence-electron chi connectivity index (χ4n) is 0.989. The quantitative estimate of drug-likeness (QED) is 0.602. The van der Waals surface area contributed by atoms with Gasteiger partial charge in [0.15, 0.2) is 0 Å². The van der Waals surface area contributed by atoms with Gasteiger partial charge in [0.1, 0.15) is 4.60 Å². The number of hydrogen-bond donors (Lipinski definition) is 2. The second kappa shape index (κ2) is 3.67. The van der Waals surface area contributed by atoms with Gasteiger partial charge in [-0.15, -0.1) is 0 Å². The normalized spacial score (nSPS) is 9.58. The number of anilines is 1. The topological polar surface area (TPSA) is 48.8 Å². The Morgan fingerprint density at radius 2 is 2.33 bits per heavy atom.